The largest absolute Gasteiger partial charge is 0.481 e. The van der Waals surface area contributed by atoms with E-state index in [4.69, 9.17) is 4.74 Å². The second-order valence-electron chi connectivity index (χ2n) is 12.7. The van der Waals surface area contributed by atoms with E-state index in [1.807, 2.05) is 0 Å². The van der Waals surface area contributed by atoms with E-state index < -0.39 is 59.5 Å². The van der Waals surface area contributed by atoms with E-state index in [9.17, 15) is 57.6 Å². The number of Topliss-reactive ketones (excluding diaryl/α,β-unsaturated/α-hetero) is 1. The average Bonchev–Trinajstić information content (AvgIpc) is 3.07. The molecule has 0 heterocycles. The summed E-state index contributed by atoms with van der Waals surface area (Å²) in [5.74, 6) is -8.10. The van der Waals surface area contributed by atoms with Crippen molar-refractivity contribution in [3.63, 3.8) is 0 Å². The van der Waals surface area contributed by atoms with Crippen LogP contribution in [0.4, 0.5) is 13.2 Å². The number of carboxylic acids is 3. The number of ketones is 1. The molecule has 0 saturated heterocycles. The predicted molar refractivity (Wildman–Crippen MR) is 185 cm³/mol. The summed E-state index contributed by atoms with van der Waals surface area (Å²) in [5, 5.41) is 42.0. The Hall–Kier alpha value is -4.72. The monoisotopic (exact) mass is 735 g/mol. The number of carbonyl (C=O) groups excluding carboxylic acids is 2. The minimum atomic E-state index is -4.57. The van der Waals surface area contributed by atoms with Crippen LogP contribution in [0.25, 0.3) is 0 Å². The highest BCUT2D eigenvalue weighted by Crippen LogP contribution is 2.33. The summed E-state index contributed by atoms with van der Waals surface area (Å²) in [6.07, 6.45) is 5.88. The van der Waals surface area contributed by atoms with Gasteiger partial charge in [0.05, 0.1) is 17.9 Å². The van der Waals surface area contributed by atoms with Crippen LogP contribution in [0.3, 0.4) is 0 Å². The SMILES string of the molecule is CCCCCCCC(=O)CCCCCC/C=C/[C@H](C(=O)N[C@@H](Cc1ccc(Oc2cccc(C(F)(F)F)c2)cc1)C(=O)O)[C@@](O)(CC(=O)O)C(=O)O. The molecule has 0 spiro atoms. The zero-order valence-corrected chi connectivity index (χ0v) is 29.2. The molecular formula is C38H48F3NO10. The molecule has 0 unspecified atom stereocenters. The van der Waals surface area contributed by atoms with Crippen molar-refractivity contribution in [3.8, 4) is 11.5 Å². The summed E-state index contributed by atoms with van der Waals surface area (Å²) >= 11 is 0. The number of hydrogen-bond donors (Lipinski definition) is 5. The molecule has 0 bridgehead atoms. The van der Waals surface area contributed by atoms with Crippen molar-refractivity contribution in [2.45, 2.75) is 115 Å². The topological polar surface area (TPSA) is 188 Å². The van der Waals surface area contributed by atoms with Gasteiger partial charge in [-0.25, -0.2) is 9.59 Å². The third-order valence-corrected chi connectivity index (χ3v) is 8.43. The highest BCUT2D eigenvalue weighted by molar-refractivity contribution is 5.94. The highest BCUT2D eigenvalue weighted by atomic mass is 19.4. The average molecular weight is 736 g/mol. The first kappa shape index (κ1) is 43.4. The van der Waals surface area contributed by atoms with Crippen molar-refractivity contribution in [2.75, 3.05) is 0 Å². The second kappa shape index (κ2) is 21.6. The third-order valence-electron chi connectivity index (χ3n) is 8.43. The third kappa shape index (κ3) is 15.3. The molecule has 11 nitrogen and oxygen atoms in total. The van der Waals surface area contributed by atoms with Gasteiger partial charge in [0.15, 0.2) is 5.60 Å². The Morgan fingerprint density at radius 1 is 0.827 bits per heavy atom. The number of allylic oxidation sites excluding steroid dienone is 1. The maximum Gasteiger partial charge on any atom is 0.416 e. The number of ether oxygens (including phenoxy) is 1. The number of unbranched alkanes of at least 4 members (excludes halogenated alkanes) is 8. The Morgan fingerprint density at radius 2 is 1.44 bits per heavy atom. The lowest BCUT2D eigenvalue weighted by Gasteiger charge is -2.29. The number of alkyl halides is 3. The number of amides is 1. The highest BCUT2D eigenvalue weighted by Gasteiger charge is 2.49. The number of carbonyl (C=O) groups is 5. The van der Waals surface area contributed by atoms with Gasteiger partial charge in [0.1, 0.15) is 23.3 Å². The van der Waals surface area contributed by atoms with Gasteiger partial charge >= 0.3 is 24.1 Å². The van der Waals surface area contributed by atoms with Gasteiger partial charge in [-0.15, -0.1) is 0 Å². The van der Waals surface area contributed by atoms with Crippen LogP contribution in [-0.4, -0.2) is 61.7 Å². The van der Waals surface area contributed by atoms with Crippen molar-refractivity contribution in [2.24, 2.45) is 5.92 Å². The maximum absolute atomic E-state index is 13.4. The van der Waals surface area contributed by atoms with Crippen molar-refractivity contribution < 1.29 is 62.3 Å². The lowest BCUT2D eigenvalue weighted by molar-refractivity contribution is -0.172. The van der Waals surface area contributed by atoms with E-state index in [-0.39, 0.29) is 23.7 Å². The van der Waals surface area contributed by atoms with Crippen molar-refractivity contribution >= 4 is 29.6 Å². The van der Waals surface area contributed by atoms with Crippen LogP contribution in [0.1, 0.15) is 102 Å². The Balaban J connectivity index is 2.04. The number of benzene rings is 2. The molecule has 0 fully saturated rings. The molecule has 2 rings (SSSR count). The Morgan fingerprint density at radius 3 is 2.00 bits per heavy atom. The van der Waals surface area contributed by atoms with Gasteiger partial charge in [-0.05, 0) is 61.6 Å². The number of aliphatic hydroxyl groups is 1. The molecule has 0 aliphatic heterocycles. The fourth-order valence-electron chi connectivity index (χ4n) is 5.50. The summed E-state index contributed by atoms with van der Waals surface area (Å²) in [7, 11) is 0. The Bertz CT molecular complexity index is 1510. The molecule has 0 radical (unpaired) electrons. The molecule has 14 heteroatoms. The van der Waals surface area contributed by atoms with Gasteiger partial charge in [-0.3, -0.25) is 14.4 Å². The number of rotatable bonds is 25. The summed E-state index contributed by atoms with van der Waals surface area (Å²) in [6, 6.07) is 8.18. The van der Waals surface area contributed by atoms with Crippen LogP contribution in [-0.2, 0) is 36.6 Å². The summed E-state index contributed by atoms with van der Waals surface area (Å²) < 4.78 is 44.6. The maximum atomic E-state index is 13.4. The number of halogens is 3. The van der Waals surface area contributed by atoms with Crippen LogP contribution in [0.2, 0.25) is 0 Å². The lowest BCUT2D eigenvalue weighted by Crippen LogP contribution is -2.55. The van der Waals surface area contributed by atoms with Crippen LogP contribution >= 0.6 is 0 Å². The molecule has 0 saturated carbocycles. The molecule has 52 heavy (non-hydrogen) atoms. The molecule has 0 aliphatic carbocycles. The first-order valence-corrected chi connectivity index (χ1v) is 17.4. The number of aliphatic carboxylic acids is 3. The number of carboxylic acid groups (broad SMARTS) is 3. The van der Waals surface area contributed by atoms with E-state index in [0.29, 0.717) is 31.2 Å². The zero-order chi connectivity index (χ0) is 38.7. The number of nitrogens with one attached hydrogen (secondary N) is 1. The Kier molecular flexibility index (Phi) is 18.0. The summed E-state index contributed by atoms with van der Waals surface area (Å²) in [6.45, 7) is 2.13. The van der Waals surface area contributed by atoms with Gasteiger partial charge in [0.25, 0.3) is 0 Å². The van der Waals surface area contributed by atoms with Gasteiger partial charge < -0.3 is 30.5 Å². The molecule has 0 aromatic heterocycles. The first-order chi connectivity index (χ1) is 24.6. The van der Waals surface area contributed by atoms with E-state index in [0.717, 1.165) is 63.2 Å². The van der Waals surface area contributed by atoms with Crippen molar-refractivity contribution in [3.05, 3.63) is 71.8 Å². The van der Waals surface area contributed by atoms with Gasteiger partial charge in [-0.2, -0.15) is 13.2 Å². The van der Waals surface area contributed by atoms with E-state index in [1.165, 1.54) is 48.9 Å². The van der Waals surface area contributed by atoms with Gasteiger partial charge in [-0.1, -0.05) is 75.8 Å². The van der Waals surface area contributed by atoms with Crippen LogP contribution in [0, 0.1) is 5.92 Å². The van der Waals surface area contributed by atoms with Crippen molar-refractivity contribution in [1.29, 1.82) is 0 Å². The fourth-order valence-corrected chi connectivity index (χ4v) is 5.50. The minimum absolute atomic E-state index is 0.0834. The first-order valence-electron chi connectivity index (χ1n) is 17.4. The second-order valence-corrected chi connectivity index (χ2v) is 12.7. The quantitative estimate of drug-likeness (QED) is 0.0510. The minimum Gasteiger partial charge on any atom is -0.481 e. The molecule has 286 valence electrons. The predicted octanol–water partition coefficient (Wildman–Crippen LogP) is 7.34. The van der Waals surface area contributed by atoms with Crippen LogP contribution in [0.5, 0.6) is 11.5 Å². The van der Waals surface area contributed by atoms with Crippen molar-refractivity contribution in [1.82, 2.24) is 5.32 Å². The Labute approximate surface area is 300 Å². The standard InChI is InChI=1S/C38H48F3NO10/c1-2-3-4-7-10-15-28(43)16-11-8-5-6-9-12-18-31(37(51,36(49)50)25-33(44)45)34(46)42-32(35(47)48)23-26-19-21-29(22-20-26)52-30-17-13-14-27(24-30)38(39,40)41/h12-14,17-22,24,31-32,51H,2-11,15-16,23,25H2,1H3,(H,42,46)(H,44,45)(H,47,48)(H,49,50)/b18-12+/t31-,32+,37+/m1/s1. The summed E-state index contributed by atoms with van der Waals surface area (Å²) in [4.78, 5) is 61.1. The molecule has 0 aliphatic rings. The van der Waals surface area contributed by atoms with Crippen LogP contribution in [0.15, 0.2) is 60.7 Å². The molecule has 5 N–H and O–H groups in total. The van der Waals surface area contributed by atoms with E-state index in [2.05, 4.69) is 12.2 Å². The smallest absolute Gasteiger partial charge is 0.416 e. The van der Waals surface area contributed by atoms with Gasteiger partial charge in [0, 0.05) is 19.3 Å². The van der Waals surface area contributed by atoms with E-state index in [1.54, 1.807) is 0 Å². The lowest BCUT2D eigenvalue weighted by atomic mass is 9.82. The molecular weight excluding hydrogens is 687 g/mol. The molecule has 1 amide bonds. The normalized spacial score (nSPS) is 13.9. The fraction of sp³-hybridized carbons (Fsp3) is 0.500. The van der Waals surface area contributed by atoms with Crippen LogP contribution < -0.4 is 10.1 Å². The van der Waals surface area contributed by atoms with Gasteiger partial charge in [0.2, 0.25) is 5.91 Å². The number of hydrogen-bond acceptors (Lipinski definition) is 7. The molecule has 2 aromatic rings. The summed E-state index contributed by atoms with van der Waals surface area (Å²) in [5.41, 5.74) is -3.66. The molecule has 2 aromatic carbocycles. The van der Waals surface area contributed by atoms with E-state index >= 15 is 0 Å². The zero-order valence-electron chi connectivity index (χ0n) is 29.2. The molecule has 3 atom stereocenters.